The molecule has 48 valence electrons. The summed E-state index contributed by atoms with van der Waals surface area (Å²) in [6.45, 7) is 5.41. The molecule has 8 heavy (non-hydrogen) atoms. The Bertz CT molecular complexity index is 70.8. The zero-order valence-corrected chi connectivity index (χ0v) is 5.68. The highest BCUT2D eigenvalue weighted by atomic mass is 16.5. The van der Waals surface area contributed by atoms with E-state index < -0.39 is 0 Å². The lowest BCUT2D eigenvalue weighted by atomic mass is 10.1. The Kier molecular flexibility index (Phi) is 1.90. The van der Waals surface area contributed by atoms with Gasteiger partial charge in [0, 0.05) is 6.61 Å². The molecule has 0 bridgehead atoms. The molecule has 0 aromatic rings. The van der Waals surface area contributed by atoms with Crippen molar-refractivity contribution in [1.82, 2.24) is 0 Å². The summed E-state index contributed by atoms with van der Waals surface area (Å²) in [4.78, 5) is 0. The maximum Gasteiger partial charge on any atom is 0.0576 e. The van der Waals surface area contributed by atoms with Crippen molar-refractivity contribution in [3.05, 3.63) is 0 Å². The van der Waals surface area contributed by atoms with Crippen LogP contribution in [-0.4, -0.2) is 12.7 Å². The van der Waals surface area contributed by atoms with Crippen molar-refractivity contribution in [2.75, 3.05) is 6.61 Å². The molecule has 0 spiro atoms. The molecule has 1 heteroatoms. The van der Waals surface area contributed by atoms with E-state index in [1.54, 1.807) is 0 Å². The van der Waals surface area contributed by atoms with Crippen LogP contribution in [0, 0.1) is 5.92 Å². The second-order valence-corrected chi connectivity index (χ2v) is 2.70. The van der Waals surface area contributed by atoms with Gasteiger partial charge in [-0.1, -0.05) is 13.8 Å². The van der Waals surface area contributed by atoms with Crippen molar-refractivity contribution in [2.45, 2.75) is 32.8 Å². The molecule has 0 aromatic heterocycles. The van der Waals surface area contributed by atoms with Gasteiger partial charge in [0.2, 0.25) is 0 Å². The van der Waals surface area contributed by atoms with Gasteiger partial charge in [0.15, 0.2) is 0 Å². The fourth-order valence-electron chi connectivity index (χ4n) is 1.17. The predicted octanol–water partition coefficient (Wildman–Crippen LogP) is 1.82. The quantitative estimate of drug-likeness (QED) is 0.505. The number of rotatable bonds is 1. The largest absolute Gasteiger partial charge is 0.378 e. The highest BCUT2D eigenvalue weighted by Crippen LogP contribution is 2.20. The van der Waals surface area contributed by atoms with E-state index in [1.807, 2.05) is 0 Å². The van der Waals surface area contributed by atoms with Gasteiger partial charge >= 0.3 is 0 Å². The van der Waals surface area contributed by atoms with Crippen molar-refractivity contribution in [2.24, 2.45) is 5.92 Å². The summed E-state index contributed by atoms with van der Waals surface area (Å²) >= 11 is 0. The van der Waals surface area contributed by atoms with Crippen LogP contribution in [0.25, 0.3) is 0 Å². The van der Waals surface area contributed by atoms with Gasteiger partial charge in [0.25, 0.3) is 0 Å². The second-order valence-electron chi connectivity index (χ2n) is 2.70. The van der Waals surface area contributed by atoms with E-state index in [2.05, 4.69) is 13.8 Å². The van der Waals surface area contributed by atoms with Crippen molar-refractivity contribution in [3.63, 3.8) is 0 Å². The Morgan fingerprint density at radius 3 is 2.62 bits per heavy atom. The zero-order chi connectivity index (χ0) is 5.98. The van der Waals surface area contributed by atoms with Gasteiger partial charge in [0.05, 0.1) is 6.10 Å². The number of hydrogen-bond acceptors (Lipinski definition) is 1. The fraction of sp³-hybridized carbons (Fsp3) is 1.00. The summed E-state index contributed by atoms with van der Waals surface area (Å²) in [6, 6.07) is 0. The van der Waals surface area contributed by atoms with E-state index in [4.69, 9.17) is 4.74 Å². The molecule has 1 heterocycles. The van der Waals surface area contributed by atoms with Crippen LogP contribution in [-0.2, 0) is 4.74 Å². The third-order valence-corrected chi connectivity index (χ3v) is 1.74. The van der Waals surface area contributed by atoms with Crippen LogP contribution in [0.1, 0.15) is 26.7 Å². The van der Waals surface area contributed by atoms with Crippen LogP contribution in [0.3, 0.4) is 0 Å². The molecule has 1 fully saturated rings. The minimum atomic E-state index is 0.574. The van der Waals surface area contributed by atoms with E-state index in [-0.39, 0.29) is 0 Å². The molecule has 0 radical (unpaired) electrons. The summed E-state index contributed by atoms with van der Waals surface area (Å²) < 4.78 is 5.41. The van der Waals surface area contributed by atoms with Gasteiger partial charge in [-0.25, -0.2) is 0 Å². The van der Waals surface area contributed by atoms with Crippen molar-refractivity contribution in [3.8, 4) is 0 Å². The SMILES string of the molecule is CC[C@H]1C[C@H](C)CO1. The Morgan fingerprint density at radius 1 is 1.62 bits per heavy atom. The molecule has 1 saturated heterocycles. The standard InChI is InChI=1S/C7H14O/c1-3-7-4-6(2)5-8-7/h6-7H,3-5H2,1-2H3/t6-,7-/m0/s1. The molecule has 0 aliphatic carbocycles. The van der Waals surface area contributed by atoms with E-state index in [1.165, 1.54) is 12.8 Å². The Balaban J connectivity index is 2.22. The smallest absolute Gasteiger partial charge is 0.0576 e. The van der Waals surface area contributed by atoms with Crippen LogP contribution in [0.5, 0.6) is 0 Å². The first kappa shape index (κ1) is 6.09. The van der Waals surface area contributed by atoms with Gasteiger partial charge in [-0.15, -0.1) is 0 Å². The summed E-state index contributed by atoms with van der Waals surface area (Å²) in [7, 11) is 0. The molecule has 1 rings (SSSR count). The van der Waals surface area contributed by atoms with Gasteiger partial charge in [-0.2, -0.15) is 0 Å². The highest BCUT2D eigenvalue weighted by molar-refractivity contribution is 4.67. The molecule has 0 unspecified atom stereocenters. The zero-order valence-electron chi connectivity index (χ0n) is 5.68. The fourth-order valence-corrected chi connectivity index (χ4v) is 1.17. The van der Waals surface area contributed by atoms with Gasteiger partial charge in [0.1, 0.15) is 0 Å². The number of hydrogen-bond donors (Lipinski definition) is 0. The Labute approximate surface area is 51.0 Å². The Morgan fingerprint density at radius 2 is 2.38 bits per heavy atom. The van der Waals surface area contributed by atoms with E-state index in [0.29, 0.717) is 6.10 Å². The summed E-state index contributed by atoms with van der Waals surface area (Å²) in [5.74, 6) is 0.806. The monoisotopic (exact) mass is 114 g/mol. The first-order valence-electron chi connectivity index (χ1n) is 3.44. The first-order chi connectivity index (χ1) is 3.83. The van der Waals surface area contributed by atoms with Crippen molar-refractivity contribution >= 4 is 0 Å². The molecule has 1 aliphatic rings. The normalized spacial score (nSPS) is 38.2. The molecule has 0 amide bonds. The lowest BCUT2D eigenvalue weighted by Gasteiger charge is -2.01. The molecular formula is C7H14O. The summed E-state index contributed by atoms with van der Waals surface area (Å²) in [6.07, 6.45) is 3.03. The molecule has 0 N–H and O–H groups in total. The van der Waals surface area contributed by atoms with Crippen LogP contribution in [0.4, 0.5) is 0 Å². The second kappa shape index (κ2) is 2.49. The summed E-state index contributed by atoms with van der Waals surface area (Å²) in [5, 5.41) is 0. The van der Waals surface area contributed by atoms with Gasteiger partial charge < -0.3 is 4.74 Å². The third-order valence-electron chi connectivity index (χ3n) is 1.74. The van der Waals surface area contributed by atoms with E-state index in [9.17, 15) is 0 Å². The molecule has 1 aliphatic heterocycles. The lowest BCUT2D eigenvalue weighted by molar-refractivity contribution is 0.105. The minimum absolute atomic E-state index is 0.574. The van der Waals surface area contributed by atoms with E-state index >= 15 is 0 Å². The maximum absolute atomic E-state index is 5.41. The van der Waals surface area contributed by atoms with Crippen molar-refractivity contribution in [1.29, 1.82) is 0 Å². The van der Waals surface area contributed by atoms with Crippen LogP contribution < -0.4 is 0 Å². The highest BCUT2D eigenvalue weighted by Gasteiger charge is 2.19. The predicted molar refractivity (Wildman–Crippen MR) is 33.8 cm³/mol. The molecule has 1 nitrogen and oxygen atoms in total. The lowest BCUT2D eigenvalue weighted by Crippen LogP contribution is -2.00. The van der Waals surface area contributed by atoms with Crippen LogP contribution in [0.15, 0.2) is 0 Å². The topological polar surface area (TPSA) is 9.23 Å². The van der Waals surface area contributed by atoms with Gasteiger partial charge in [-0.05, 0) is 18.8 Å². The van der Waals surface area contributed by atoms with Crippen LogP contribution >= 0.6 is 0 Å². The van der Waals surface area contributed by atoms with Gasteiger partial charge in [-0.3, -0.25) is 0 Å². The molecule has 2 atom stereocenters. The van der Waals surface area contributed by atoms with Crippen LogP contribution in [0.2, 0.25) is 0 Å². The average molecular weight is 114 g/mol. The molecule has 0 aromatic carbocycles. The molecular weight excluding hydrogens is 100 g/mol. The number of ether oxygens (including phenoxy) is 1. The van der Waals surface area contributed by atoms with Crippen molar-refractivity contribution < 1.29 is 4.74 Å². The average Bonchev–Trinajstić information content (AvgIpc) is 2.14. The molecule has 0 saturated carbocycles. The minimum Gasteiger partial charge on any atom is -0.378 e. The van der Waals surface area contributed by atoms with E-state index in [0.717, 1.165) is 12.5 Å². The Hall–Kier alpha value is -0.0400. The summed E-state index contributed by atoms with van der Waals surface area (Å²) in [5.41, 5.74) is 0. The third kappa shape index (κ3) is 1.22. The maximum atomic E-state index is 5.41. The first-order valence-corrected chi connectivity index (χ1v) is 3.44.